The minimum atomic E-state index is 0.437. The van der Waals surface area contributed by atoms with E-state index in [4.69, 9.17) is 0 Å². The van der Waals surface area contributed by atoms with Gasteiger partial charge in [-0.2, -0.15) is 0 Å². The lowest BCUT2D eigenvalue weighted by molar-refractivity contribution is 0.215. The Morgan fingerprint density at radius 2 is 2.30 bits per heavy atom. The molecule has 4 atom stereocenters. The fourth-order valence-corrected chi connectivity index (χ4v) is 4.69. The van der Waals surface area contributed by atoms with E-state index in [9.17, 15) is 0 Å². The lowest BCUT2D eigenvalue weighted by Crippen LogP contribution is -2.33. The van der Waals surface area contributed by atoms with E-state index in [2.05, 4.69) is 79.9 Å². The number of hydrogen-bond donors (Lipinski definition) is 1. The first kappa shape index (κ1) is 16.8. The highest BCUT2D eigenvalue weighted by atomic mass is 32.1. The van der Waals surface area contributed by atoms with Gasteiger partial charge in [-0.15, -0.1) is 6.58 Å². The van der Waals surface area contributed by atoms with Gasteiger partial charge < -0.3 is 4.90 Å². The summed E-state index contributed by atoms with van der Waals surface area (Å²) in [5, 5.41) is 0. The van der Waals surface area contributed by atoms with E-state index in [1.165, 1.54) is 24.0 Å². The second kappa shape index (κ2) is 6.45. The molecule has 1 aromatic rings. The molecule has 1 saturated heterocycles. The van der Waals surface area contributed by atoms with E-state index in [1.807, 2.05) is 0 Å². The average Bonchev–Trinajstić information content (AvgIpc) is 3.06. The summed E-state index contributed by atoms with van der Waals surface area (Å²) in [5.41, 5.74) is 4.05. The van der Waals surface area contributed by atoms with Gasteiger partial charge in [0.05, 0.1) is 5.71 Å². The van der Waals surface area contributed by atoms with E-state index in [-0.39, 0.29) is 0 Å². The minimum Gasteiger partial charge on any atom is -0.303 e. The van der Waals surface area contributed by atoms with Crippen LogP contribution < -0.4 is 0 Å². The molecule has 0 aromatic heterocycles. The summed E-state index contributed by atoms with van der Waals surface area (Å²) in [6.45, 7) is 9.71. The lowest BCUT2D eigenvalue weighted by Gasteiger charge is -2.26. The molecular formula is C20H28N2S. The standard InChI is InChI=1S/C20H28N2S/c1-5-17-12-20(17,3)19-11-15(13-22(19)4)10-18(21-23)16-8-6-7-14(2)9-16/h5-9,15,17,19,23H,1,10-13H2,2-4H3/b21-18+. The molecule has 1 heterocycles. The fourth-order valence-electron chi connectivity index (χ4n) is 4.49. The van der Waals surface area contributed by atoms with E-state index < -0.39 is 0 Å². The lowest BCUT2D eigenvalue weighted by atomic mass is 9.88. The van der Waals surface area contributed by atoms with Crippen LogP contribution in [0.25, 0.3) is 0 Å². The number of thiol groups is 1. The highest BCUT2D eigenvalue weighted by Gasteiger charge is 2.56. The Bertz CT molecular complexity index is 624. The maximum Gasteiger partial charge on any atom is 0.0559 e. The molecule has 0 N–H and O–H groups in total. The second-order valence-electron chi connectivity index (χ2n) is 7.73. The molecule has 2 fully saturated rings. The quantitative estimate of drug-likeness (QED) is 0.476. The van der Waals surface area contributed by atoms with Crippen molar-refractivity contribution in [2.24, 2.45) is 21.6 Å². The Morgan fingerprint density at radius 1 is 1.52 bits per heavy atom. The van der Waals surface area contributed by atoms with Crippen LogP contribution in [0.5, 0.6) is 0 Å². The summed E-state index contributed by atoms with van der Waals surface area (Å²) in [5.74, 6) is 1.36. The van der Waals surface area contributed by atoms with Crippen molar-refractivity contribution in [2.45, 2.75) is 39.2 Å². The van der Waals surface area contributed by atoms with Crippen molar-refractivity contribution in [1.82, 2.24) is 4.90 Å². The van der Waals surface area contributed by atoms with Gasteiger partial charge in [-0.05, 0) is 68.9 Å². The molecule has 1 aliphatic heterocycles. The third kappa shape index (κ3) is 3.27. The number of aryl methyl sites for hydroxylation is 1. The molecule has 1 saturated carbocycles. The van der Waals surface area contributed by atoms with Gasteiger partial charge in [-0.1, -0.05) is 42.8 Å². The molecule has 23 heavy (non-hydrogen) atoms. The normalized spacial score (nSPS) is 34.6. The van der Waals surface area contributed by atoms with Crippen molar-refractivity contribution in [3.8, 4) is 0 Å². The van der Waals surface area contributed by atoms with Crippen molar-refractivity contribution < 1.29 is 0 Å². The zero-order valence-corrected chi connectivity index (χ0v) is 15.4. The summed E-state index contributed by atoms with van der Waals surface area (Å²) >= 11 is 4.24. The van der Waals surface area contributed by atoms with Crippen LogP contribution in [0.3, 0.4) is 0 Å². The zero-order valence-electron chi connectivity index (χ0n) is 14.5. The number of rotatable bonds is 5. The molecule has 2 aliphatic rings. The third-order valence-electron chi connectivity index (χ3n) is 5.98. The Balaban J connectivity index is 1.68. The molecule has 0 spiro atoms. The number of benzene rings is 1. The van der Waals surface area contributed by atoms with E-state index in [1.54, 1.807) is 0 Å². The van der Waals surface area contributed by atoms with Gasteiger partial charge in [0.15, 0.2) is 0 Å². The van der Waals surface area contributed by atoms with Crippen LogP contribution in [0.4, 0.5) is 0 Å². The van der Waals surface area contributed by atoms with Crippen molar-refractivity contribution >= 4 is 18.5 Å². The number of hydrogen-bond acceptors (Lipinski definition) is 3. The van der Waals surface area contributed by atoms with Crippen LogP contribution in [0.15, 0.2) is 41.3 Å². The van der Waals surface area contributed by atoms with E-state index in [0.717, 1.165) is 18.7 Å². The zero-order chi connectivity index (χ0) is 16.6. The van der Waals surface area contributed by atoms with E-state index >= 15 is 0 Å². The second-order valence-corrected chi connectivity index (χ2v) is 7.93. The van der Waals surface area contributed by atoms with Crippen molar-refractivity contribution in [2.75, 3.05) is 13.6 Å². The van der Waals surface area contributed by atoms with E-state index in [0.29, 0.717) is 23.3 Å². The number of allylic oxidation sites excluding steroid dienone is 1. The maximum atomic E-state index is 4.30. The summed E-state index contributed by atoms with van der Waals surface area (Å²) in [6.07, 6.45) is 5.72. The smallest absolute Gasteiger partial charge is 0.0559 e. The molecule has 3 heteroatoms. The van der Waals surface area contributed by atoms with Gasteiger partial charge in [0.1, 0.15) is 0 Å². The monoisotopic (exact) mass is 328 g/mol. The van der Waals surface area contributed by atoms with Gasteiger partial charge in [-0.3, -0.25) is 0 Å². The number of nitrogens with zero attached hydrogens (tertiary/aromatic N) is 2. The van der Waals surface area contributed by atoms with Crippen molar-refractivity contribution in [3.63, 3.8) is 0 Å². The summed E-state index contributed by atoms with van der Waals surface area (Å²) in [7, 11) is 2.28. The van der Waals surface area contributed by atoms with Crippen molar-refractivity contribution in [3.05, 3.63) is 48.0 Å². The van der Waals surface area contributed by atoms with Crippen LogP contribution in [-0.2, 0) is 0 Å². The molecule has 2 nitrogen and oxygen atoms in total. The van der Waals surface area contributed by atoms with Crippen LogP contribution in [0.2, 0.25) is 0 Å². The van der Waals surface area contributed by atoms with Gasteiger partial charge in [-0.25, -0.2) is 4.40 Å². The SMILES string of the molecule is C=CC1CC1(C)C1CC(C/C(=N\S)c2cccc(C)c2)CN1C. The average molecular weight is 329 g/mol. The highest BCUT2D eigenvalue weighted by molar-refractivity contribution is 7.79. The molecule has 0 radical (unpaired) electrons. The highest BCUT2D eigenvalue weighted by Crippen LogP contribution is 2.59. The van der Waals surface area contributed by atoms with Gasteiger partial charge in [0, 0.05) is 12.6 Å². The van der Waals surface area contributed by atoms with Crippen LogP contribution >= 0.6 is 12.8 Å². The molecule has 4 unspecified atom stereocenters. The van der Waals surface area contributed by atoms with Gasteiger partial charge in [0.2, 0.25) is 0 Å². The summed E-state index contributed by atoms with van der Waals surface area (Å²) < 4.78 is 4.30. The predicted octanol–water partition coefficient (Wildman–Crippen LogP) is 4.55. The molecule has 0 bridgehead atoms. The molecule has 1 aliphatic carbocycles. The Labute approximate surface area is 146 Å². The molecule has 3 rings (SSSR count). The Hall–Kier alpha value is -1.06. The van der Waals surface area contributed by atoms with Crippen molar-refractivity contribution in [1.29, 1.82) is 0 Å². The molecular weight excluding hydrogens is 300 g/mol. The molecule has 0 amide bonds. The van der Waals surface area contributed by atoms with Crippen LogP contribution in [-0.4, -0.2) is 30.2 Å². The van der Waals surface area contributed by atoms with Gasteiger partial charge in [0.25, 0.3) is 0 Å². The first-order valence-electron chi connectivity index (χ1n) is 8.58. The molecule has 1 aromatic carbocycles. The Kier molecular flexibility index (Phi) is 4.70. The Morgan fingerprint density at radius 3 is 2.91 bits per heavy atom. The first-order chi connectivity index (χ1) is 11.0. The summed E-state index contributed by atoms with van der Waals surface area (Å²) in [6, 6.07) is 9.26. The largest absolute Gasteiger partial charge is 0.303 e. The molecule has 124 valence electrons. The van der Waals surface area contributed by atoms with Crippen LogP contribution in [0, 0.1) is 24.2 Å². The summed E-state index contributed by atoms with van der Waals surface area (Å²) in [4.78, 5) is 2.56. The topological polar surface area (TPSA) is 15.6 Å². The van der Waals surface area contributed by atoms with Crippen LogP contribution in [0.1, 0.15) is 37.3 Å². The predicted molar refractivity (Wildman–Crippen MR) is 102 cm³/mol. The maximum absolute atomic E-state index is 4.30. The first-order valence-corrected chi connectivity index (χ1v) is 8.98. The third-order valence-corrected chi connectivity index (χ3v) is 6.22. The number of likely N-dealkylation sites (tertiary alicyclic amines) is 1. The fraction of sp³-hybridized carbons (Fsp3) is 0.550. The van der Waals surface area contributed by atoms with Gasteiger partial charge >= 0.3 is 0 Å². The minimum absolute atomic E-state index is 0.437.